The normalized spacial score (nSPS) is 20.5. The van der Waals surface area contributed by atoms with Gasteiger partial charge in [0.05, 0.1) is 0 Å². The topological polar surface area (TPSA) is 40.5 Å². The lowest BCUT2D eigenvalue weighted by Gasteiger charge is -2.40. The van der Waals surface area contributed by atoms with Gasteiger partial charge in [-0.1, -0.05) is 33.3 Å². The van der Waals surface area contributed by atoms with Crippen LogP contribution in [0.15, 0.2) is 11.6 Å². The summed E-state index contributed by atoms with van der Waals surface area (Å²) in [6, 6.07) is 0. The maximum absolute atomic E-state index is 12.2. The second kappa shape index (κ2) is 6.08. The van der Waals surface area contributed by atoms with Crippen molar-refractivity contribution in [2.24, 2.45) is 10.8 Å². The van der Waals surface area contributed by atoms with E-state index in [4.69, 9.17) is 0 Å². The van der Waals surface area contributed by atoms with Crippen molar-refractivity contribution in [3.8, 4) is 0 Å². The summed E-state index contributed by atoms with van der Waals surface area (Å²) in [4.78, 5) is 14.1. The van der Waals surface area contributed by atoms with Crippen molar-refractivity contribution in [3.63, 3.8) is 0 Å². The summed E-state index contributed by atoms with van der Waals surface area (Å²) in [7, 11) is 0. The van der Waals surface area contributed by atoms with Gasteiger partial charge in [-0.15, -0.1) is 0 Å². The van der Waals surface area contributed by atoms with Gasteiger partial charge in [0.2, 0.25) is 5.91 Å². The summed E-state index contributed by atoms with van der Waals surface area (Å²) >= 11 is 0. The fraction of sp³-hybridized carbons (Fsp3) is 0.812. The van der Waals surface area contributed by atoms with Crippen LogP contribution in [0.2, 0.25) is 0 Å². The number of likely N-dealkylation sites (tertiary alicyclic amines) is 1. The molecule has 0 spiro atoms. The van der Waals surface area contributed by atoms with E-state index in [1.165, 1.54) is 0 Å². The molecule has 0 radical (unpaired) electrons. The first-order chi connectivity index (χ1) is 8.74. The SMILES string of the molecule is CCC1(CO)CCN(C(=O)/C=C(/C)C(C)(C)C)CC1. The van der Waals surface area contributed by atoms with E-state index in [1.54, 1.807) is 6.08 Å². The summed E-state index contributed by atoms with van der Waals surface area (Å²) in [5.74, 6) is 0.120. The predicted molar refractivity (Wildman–Crippen MR) is 78.8 cm³/mol. The first kappa shape index (κ1) is 16.2. The molecule has 19 heavy (non-hydrogen) atoms. The van der Waals surface area contributed by atoms with Crippen molar-refractivity contribution in [1.29, 1.82) is 0 Å². The van der Waals surface area contributed by atoms with Crippen molar-refractivity contribution in [1.82, 2.24) is 4.90 Å². The number of amides is 1. The molecule has 3 nitrogen and oxygen atoms in total. The van der Waals surface area contributed by atoms with E-state index in [9.17, 15) is 9.90 Å². The average molecular weight is 267 g/mol. The number of allylic oxidation sites excluding steroid dienone is 1. The Morgan fingerprint density at radius 1 is 1.32 bits per heavy atom. The minimum absolute atomic E-state index is 0.0412. The smallest absolute Gasteiger partial charge is 0.246 e. The Balaban J connectivity index is 2.64. The van der Waals surface area contributed by atoms with Gasteiger partial charge in [-0.05, 0) is 37.0 Å². The highest BCUT2D eigenvalue weighted by molar-refractivity contribution is 5.88. The molecular formula is C16H29NO2. The Morgan fingerprint density at radius 3 is 2.21 bits per heavy atom. The number of aliphatic hydroxyl groups is 1. The first-order valence-electron chi connectivity index (χ1n) is 7.33. The minimum atomic E-state index is 0.0412. The summed E-state index contributed by atoms with van der Waals surface area (Å²) in [6.45, 7) is 12.3. The third kappa shape index (κ3) is 4.07. The van der Waals surface area contributed by atoms with Crippen LogP contribution < -0.4 is 0 Å². The number of carbonyl (C=O) groups excluding carboxylic acids is 1. The highest BCUT2D eigenvalue weighted by Gasteiger charge is 2.33. The molecule has 0 unspecified atom stereocenters. The number of nitrogens with zero attached hydrogens (tertiary/aromatic N) is 1. The van der Waals surface area contributed by atoms with Crippen LogP contribution in [0.5, 0.6) is 0 Å². The summed E-state index contributed by atoms with van der Waals surface area (Å²) in [6.07, 6.45) is 4.59. The number of hydrogen-bond donors (Lipinski definition) is 1. The molecular weight excluding hydrogens is 238 g/mol. The molecule has 1 rings (SSSR count). The maximum Gasteiger partial charge on any atom is 0.246 e. The van der Waals surface area contributed by atoms with Crippen LogP contribution in [0.25, 0.3) is 0 Å². The molecule has 1 heterocycles. The average Bonchev–Trinajstić information content (AvgIpc) is 2.37. The van der Waals surface area contributed by atoms with E-state index in [2.05, 4.69) is 27.7 Å². The molecule has 0 aliphatic carbocycles. The lowest BCUT2D eigenvalue weighted by Crippen LogP contribution is -2.44. The fourth-order valence-electron chi connectivity index (χ4n) is 2.32. The van der Waals surface area contributed by atoms with Gasteiger partial charge in [0, 0.05) is 25.8 Å². The van der Waals surface area contributed by atoms with E-state index < -0.39 is 0 Å². The van der Waals surface area contributed by atoms with E-state index in [0.717, 1.165) is 37.9 Å². The van der Waals surface area contributed by atoms with Crippen molar-refractivity contribution in [2.45, 2.75) is 53.9 Å². The van der Waals surface area contributed by atoms with Gasteiger partial charge < -0.3 is 10.0 Å². The van der Waals surface area contributed by atoms with E-state index in [1.807, 2.05) is 11.8 Å². The molecule has 0 aromatic carbocycles. The zero-order valence-corrected chi connectivity index (χ0v) is 13.1. The Labute approximate surface area is 117 Å². The van der Waals surface area contributed by atoms with Crippen molar-refractivity contribution < 1.29 is 9.90 Å². The zero-order chi connectivity index (χ0) is 14.7. The third-order valence-corrected chi connectivity index (χ3v) is 4.74. The van der Waals surface area contributed by atoms with Crippen LogP contribution in [0, 0.1) is 10.8 Å². The summed E-state index contributed by atoms with van der Waals surface area (Å²) in [5.41, 5.74) is 1.20. The number of piperidine rings is 1. The highest BCUT2D eigenvalue weighted by atomic mass is 16.3. The first-order valence-corrected chi connectivity index (χ1v) is 7.33. The van der Waals surface area contributed by atoms with E-state index >= 15 is 0 Å². The molecule has 1 fully saturated rings. The Hall–Kier alpha value is -0.830. The molecule has 1 N–H and O–H groups in total. The second-order valence-corrected chi connectivity index (χ2v) is 6.91. The van der Waals surface area contributed by atoms with E-state index in [-0.39, 0.29) is 23.3 Å². The third-order valence-electron chi connectivity index (χ3n) is 4.74. The predicted octanol–water partition coefficient (Wildman–Crippen LogP) is 2.99. The zero-order valence-electron chi connectivity index (χ0n) is 13.1. The molecule has 1 aliphatic heterocycles. The molecule has 110 valence electrons. The molecule has 1 amide bonds. The Bertz CT molecular complexity index is 338. The number of carbonyl (C=O) groups is 1. The van der Waals surface area contributed by atoms with Gasteiger partial charge in [-0.2, -0.15) is 0 Å². The monoisotopic (exact) mass is 267 g/mol. The number of aliphatic hydroxyl groups excluding tert-OH is 1. The number of rotatable bonds is 3. The fourth-order valence-corrected chi connectivity index (χ4v) is 2.32. The highest BCUT2D eigenvalue weighted by Crippen LogP contribution is 2.34. The van der Waals surface area contributed by atoms with Gasteiger partial charge >= 0.3 is 0 Å². The van der Waals surface area contributed by atoms with Crippen LogP contribution in [0.3, 0.4) is 0 Å². The number of hydrogen-bond acceptors (Lipinski definition) is 2. The maximum atomic E-state index is 12.2. The van der Waals surface area contributed by atoms with Crippen LogP contribution in [-0.2, 0) is 4.79 Å². The molecule has 0 atom stereocenters. The molecule has 0 aromatic heterocycles. The van der Waals surface area contributed by atoms with Crippen LogP contribution in [-0.4, -0.2) is 35.6 Å². The second-order valence-electron chi connectivity index (χ2n) is 6.91. The standard InChI is InChI=1S/C16H29NO2/c1-6-16(12-18)7-9-17(10-8-16)14(19)11-13(2)15(3,4)5/h11,18H,6-10,12H2,1-5H3/b13-11-. The summed E-state index contributed by atoms with van der Waals surface area (Å²) in [5, 5.41) is 9.50. The van der Waals surface area contributed by atoms with Crippen LogP contribution in [0.4, 0.5) is 0 Å². The van der Waals surface area contributed by atoms with Gasteiger partial charge in [0.15, 0.2) is 0 Å². The molecule has 0 aromatic rings. The molecule has 1 aliphatic rings. The Kier molecular flexibility index (Phi) is 5.19. The van der Waals surface area contributed by atoms with Crippen LogP contribution in [0.1, 0.15) is 53.9 Å². The largest absolute Gasteiger partial charge is 0.396 e. The van der Waals surface area contributed by atoms with Gasteiger partial charge in [0.1, 0.15) is 0 Å². The van der Waals surface area contributed by atoms with Gasteiger partial charge in [-0.3, -0.25) is 4.79 Å². The van der Waals surface area contributed by atoms with Gasteiger partial charge in [0.25, 0.3) is 0 Å². The molecule has 1 saturated heterocycles. The quantitative estimate of drug-likeness (QED) is 0.799. The molecule has 3 heteroatoms. The van der Waals surface area contributed by atoms with Gasteiger partial charge in [-0.25, -0.2) is 0 Å². The van der Waals surface area contributed by atoms with E-state index in [0.29, 0.717) is 0 Å². The lowest BCUT2D eigenvalue weighted by molar-refractivity contribution is -0.129. The van der Waals surface area contributed by atoms with Crippen molar-refractivity contribution in [3.05, 3.63) is 11.6 Å². The lowest BCUT2D eigenvalue weighted by atomic mass is 9.77. The molecule has 0 saturated carbocycles. The Morgan fingerprint density at radius 2 is 1.84 bits per heavy atom. The summed E-state index contributed by atoms with van der Waals surface area (Å²) < 4.78 is 0. The van der Waals surface area contributed by atoms with Crippen LogP contribution >= 0.6 is 0 Å². The van der Waals surface area contributed by atoms with Crippen molar-refractivity contribution >= 4 is 5.91 Å². The van der Waals surface area contributed by atoms with Crippen molar-refractivity contribution in [2.75, 3.05) is 19.7 Å². The molecule has 0 bridgehead atoms. The minimum Gasteiger partial charge on any atom is -0.396 e.